The molecular weight excluding hydrogens is 254 g/mol. The van der Waals surface area contributed by atoms with Gasteiger partial charge in [0.15, 0.2) is 0 Å². The summed E-state index contributed by atoms with van der Waals surface area (Å²) in [4.78, 5) is 2.37. The molecule has 2 rings (SSSR count). The Kier molecular flexibility index (Phi) is 5.51. The molecule has 2 N–H and O–H groups in total. The Hall–Kier alpha value is -0.980. The van der Waals surface area contributed by atoms with Crippen LogP contribution in [0.25, 0.3) is 0 Å². The maximum Gasteiger partial charge on any atom is 0.0964 e. The number of nitrogens with one attached hydrogen (secondary N) is 1. The van der Waals surface area contributed by atoms with Crippen molar-refractivity contribution in [1.29, 1.82) is 0 Å². The van der Waals surface area contributed by atoms with E-state index in [1.54, 1.807) is 4.68 Å². The van der Waals surface area contributed by atoms with Crippen molar-refractivity contribution in [2.24, 2.45) is 0 Å². The Labute approximate surface area is 121 Å². The van der Waals surface area contributed by atoms with Crippen LogP contribution >= 0.6 is 0 Å². The van der Waals surface area contributed by atoms with E-state index in [9.17, 15) is 0 Å². The van der Waals surface area contributed by atoms with Crippen molar-refractivity contribution in [3.8, 4) is 0 Å². The SMILES string of the molecule is CN(C)C1(CNCc2cn(CCCO)nn2)CCCC1. The van der Waals surface area contributed by atoms with Crippen molar-refractivity contribution >= 4 is 0 Å². The number of likely N-dealkylation sites (N-methyl/N-ethyl adjacent to an activating group) is 1. The molecule has 0 atom stereocenters. The number of nitrogens with zero attached hydrogens (tertiary/aromatic N) is 4. The van der Waals surface area contributed by atoms with Gasteiger partial charge in [0.25, 0.3) is 0 Å². The summed E-state index contributed by atoms with van der Waals surface area (Å²) in [6, 6.07) is 0. The first-order valence-electron chi connectivity index (χ1n) is 7.54. The molecule has 1 saturated carbocycles. The molecule has 6 heteroatoms. The smallest absolute Gasteiger partial charge is 0.0964 e. The van der Waals surface area contributed by atoms with Gasteiger partial charge in [-0.2, -0.15) is 0 Å². The fraction of sp³-hybridized carbons (Fsp3) is 0.857. The van der Waals surface area contributed by atoms with Crippen LogP contribution < -0.4 is 5.32 Å². The molecule has 1 aromatic rings. The Morgan fingerprint density at radius 3 is 2.80 bits per heavy atom. The second-order valence-electron chi connectivity index (χ2n) is 5.98. The number of rotatable bonds is 8. The van der Waals surface area contributed by atoms with Crippen LogP contribution in [-0.2, 0) is 13.1 Å². The molecule has 0 bridgehead atoms. The second kappa shape index (κ2) is 7.15. The van der Waals surface area contributed by atoms with Crippen LogP contribution in [0.5, 0.6) is 0 Å². The predicted molar refractivity (Wildman–Crippen MR) is 78.3 cm³/mol. The Bertz CT molecular complexity index is 398. The summed E-state index contributed by atoms with van der Waals surface area (Å²) in [5, 5.41) is 20.5. The summed E-state index contributed by atoms with van der Waals surface area (Å²) in [6.07, 6.45) is 7.89. The van der Waals surface area contributed by atoms with Crippen molar-refractivity contribution in [3.63, 3.8) is 0 Å². The van der Waals surface area contributed by atoms with Crippen LogP contribution in [0.2, 0.25) is 0 Å². The van der Waals surface area contributed by atoms with Gasteiger partial charge in [0.1, 0.15) is 0 Å². The second-order valence-corrected chi connectivity index (χ2v) is 5.98. The first-order chi connectivity index (χ1) is 9.66. The maximum atomic E-state index is 8.80. The highest BCUT2D eigenvalue weighted by Gasteiger charge is 2.35. The highest BCUT2D eigenvalue weighted by atomic mass is 16.3. The fourth-order valence-electron chi connectivity index (χ4n) is 3.00. The first-order valence-corrected chi connectivity index (χ1v) is 7.54. The van der Waals surface area contributed by atoms with Crippen LogP contribution in [0.1, 0.15) is 37.8 Å². The lowest BCUT2D eigenvalue weighted by molar-refractivity contribution is 0.153. The quantitative estimate of drug-likeness (QED) is 0.731. The third-order valence-electron chi connectivity index (χ3n) is 4.37. The predicted octanol–water partition coefficient (Wildman–Crippen LogP) is 0.624. The maximum absolute atomic E-state index is 8.80. The van der Waals surface area contributed by atoms with Crippen LogP contribution in [0.15, 0.2) is 6.20 Å². The number of aryl methyl sites for hydroxylation is 1. The van der Waals surface area contributed by atoms with Gasteiger partial charge in [0.05, 0.1) is 5.69 Å². The monoisotopic (exact) mass is 281 g/mol. The summed E-state index contributed by atoms with van der Waals surface area (Å²) < 4.78 is 1.80. The summed E-state index contributed by atoms with van der Waals surface area (Å²) >= 11 is 0. The van der Waals surface area contributed by atoms with Crippen molar-refractivity contribution in [3.05, 3.63) is 11.9 Å². The molecule has 1 fully saturated rings. The molecule has 1 heterocycles. The van der Waals surface area contributed by atoms with Gasteiger partial charge >= 0.3 is 0 Å². The lowest BCUT2D eigenvalue weighted by atomic mass is 9.96. The molecule has 1 aliphatic rings. The van der Waals surface area contributed by atoms with Crippen molar-refractivity contribution in [1.82, 2.24) is 25.2 Å². The molecule has 0 unspecified atom stereocenters. The van der Waals surface area contributed by atoms with E-state index >= 15 is 0 Å². The average molecular weight is 281 g/mol. The molecule has 114 valence electrons. The van der Waals surface area contributed by atoms with E-state index in [0.29, 0.717) is 5.54 Å². The Balaban J connectivity index is 1.78. The molecule has 0 aromatic carbocycles. The van der Waals surface area contributed by atoms with E-state index in [4.69, 9.17) is 5.11 Å². The summed E-state index contributed by atoms with van der Waals surface area (Å²) in [5.74, 6) is 0. The molecule has 1 aromatic heterocycles. The summed E-state index contributed by atoms with van der Waals surface area (Å²) in [5.41, 5.74) is 1.28. The minimum Gasteiger partial charge on any atom is -0.396 e. The standard InChI is InChI=1S/C14H27N5O/c1-18(2)14(6-3-4-7-14)12-15-10-13-11-19(17-16-13)8-5-9-20/h11,15,20H,3-10,12H2,1-2H3. The number of aliphatic hydroxyl groups is 1. The lowest BCUT2D eigenvalue weighted by Crippen LogP contribution is -2.49. The highest BCUT2D eigenvalue weighted by molar-refractivity contribution is 4.97. The van der Waals surface area contributed by atoms with E-state index in [1.807, 2.05) is 6.20 Å². The minimum absolute atomic E-state index is 0.193. The first kappa shape index (κ1) is 15.4. The molecule has 6 nitrogen and oxygen atoms in total. The molecule has 0 radical (unpaired) electrons. The van der Waals surface area contributed by atoms with Gasteiger partial charge in [0.2, 0.25) is 0 Å². The number of aliphatic hydroxyl groups excluding tert-OH is 1. The van der Waals surface area contributed by atoms with Crippen LogP contribution in [0.3, 0.4) is 0 Å². The molecule has 0 amide bonds. The highest BCUT2D eigenvalue weighted by Crippen LogP contribution is 2.33. The van der Waals surface area contributed by atoms with E-state index in [-0.39, 0.29) is 6.61 Å². The van der Waals surface area contributed by atoms with Crippen LogP contribution in [-0.4, -0.2) is 57.8 Å². The van der Waals surface area contributed by atoms with Crippen molar-refractivity contribution in [2.45, 2.75) is 50.7 Å². The van der Waals surface area contributed by atoms with Gasteiger partial charge in [-0.3, -0.25) is 4.68 Å². The molecule has 0 saturated heterocycles. The van der Waals surface area contributed by atoms with Crippen LogP contribution in [0.4, 0.5) is 0 Å². The molecular formula is C14H27N5O. The van der Waals surface area contributed by atoms with Gasteiger partial charge in [-0.15, -0.1) is 5.10 Å². The zero-order chi connectivity index (χ0) is 14.4. The third kappa shape index (κ3) is 3.77. The molecule has 0 aliphatic heterocycles. The van der Waals surface area contributed by atoms with Gasteiger partial charge in [-0.25, -0.2) is 0 Å². The number of hydrogen-bond acceptors (Lipinski definition) is 5. The van der Waals surface area contributed by atoms with Crippen molar-refractivity contribution < 1.29 is 5.11 Å². The average Bonchev–Trinajstić information content (AvgIpc) is 3.06. The van der Waals surface area contributed by atoms with Gasteiger partial charge < -0.3 is 15.3 Å². The summed E-state index contributed by atoms with van der Waals surface area (Å²) in [6.45, 7) is 2.68. The van der Waals surface area contributed by atoms with E-state index in [0.717, 1.165) is 31.7 Å². The van der Waals surface area contributed by atoms with E-state index in [1.165, 1.54) is 25.7 Å². The Morgan fingerprint density at radius 1 is 1.40 bits per heavy atom. The van der Waals surface area contributed by atoms with Gasteiger partial charge in [-0.05, 0) is 33.4 Å². The van der Waals surface area contributed by atoms with Crippen LogP contribution in [0, 0.1) is 0 Å². The Morgan fingerprint density at radius 2 is 2.15 bits per heavy atom. The zero-order valence-corrected chi connectivity index (χ0v) is 12.7. The van der Waals surface area contributed by atoms with E-state index < -0.39 is 0 Å². The van der Waals surface area contributed by atoms with E-state index in [2.05, 4.69) is 34.6 Å². The van der Waals surface area contributed by atoms with Gasteiger partial charge in [-0.1, -0.05) is 18.1 Å². The largest absolute Gasteiger partial charge is 0.396 e. The normalized spacial score (nSPS) is 18.0. The number of aromatic nitrogens is 3. The summed E-state index contributed by atoms with van der Waals surface area (Å²) in [7, 11) is 4.36. The number of hydrogen-bond donors (Lipinski definition) is 2. The van der Waals surface area contributed by atoms with Crippen molar-refractivity contribution in [2.75, 3.05) is 27.2 Å². The third-order valence-corrected chi connectivity index (χ3v) is 4.37. The lowest BCUT2D eigenvalue weighted by Gasteiger charge is -2.36. The molecule has 1 aliphatic carbocycles. The fourth-order valence-corrected chi connectivity index (χ4v) is 3.00. The van der Waals surface area contributed by atoms with Gasteiger partial charge in [0, 0.05) is 38.0 Å². The minimum atomic E-state index is 0.193. The topological polar surface area (TPSA) is 66.2 Å². The molecule has 0 spiro atoms. The molecule has 20 heavy (non-hydrogen) atoms. The zero-order valence-electron chi connectivity index (χ0n) is 12.7.